The molecule has 1 aromatic rings. The fraction of sp³-hybridized carbons (Fsp3) is 0.250. The van der Waals surface area contributed by atoms with Crippen molar-refractivity contribution in [3.8, 4) is 0 Å². The zero-order valence-electron chi connectivity index (χ0n) is 6.35. The van der Waals surface area contributed by atoms with Gasteiger partial charge in [-0.3, -0.25) is 0 Å². The van der Waals surface area contributed by atoms with E-state index in [1.165, 1.54) is 6.07 Å². The maximum atomic E-state index is 13.0. The number of halogens is 2. The quantitative estimate of drug-likeness (QED) is 0.690. The van der Waals surface area contributed by atoms with Crippen molar-refractivity contribution in [3.05, 3.63) is 28.0 Å². The number of nitrogens with two attached hydrogens (primary N) is 1. The van der Waals surface area contributed by atoms with Crippen LogP contribution in [0.5, 0.6) is 0 Å². The van der Waals surface area contributed by atoms with Crippen molar-refractivity contribution in [2.24, 2.45) is 5.84 Å². The molecule has 1 heterocycles. The molecule has 1 aliphatic rings. The molecule has 2 nitrogen and oxygen atoms in total. The van der Waals surface area contributed by atoms with E-state index in [1.54, 1.807) is 11.1 Å². The fourth-order valence-electron chi connectivity index (χ4n) is 1.41. The SMILES string of the molecule is NN1CCc2cc(F)c(Br)cc21. The smallest absolute Gasteiger partial charge is 0.137 e. The van der Waals surface area contributed by atoms with Crippen LogP contribution in [-0.2, 0) is 6.42 Å². The molecule has 2 N–H and O–H groups in total. The lowest BCUT2D eigenvalue weighted by Gasteiger charge is -2.11. The van der Waals surface area contributed by atoms with E-state index in [9.17, 15) is 4.39 Å². The maximum absolute atomic E-state index is 13.0. The summed E-state index contributed by atoms with van der Waals surface area (Å²) in [6.45, 7) is 0.769. The van der Waals surface area contributed by atoms with Gasteiger partial charge in [-0.25, -0.2) is 10.2 Å². The van der Waals surface area contributed by atoms with Gasteiger partial charge in [-0.05, 0) is 40.0 Å². The van der Waals surface area contributed by atoms with Crippen LogP contribution in [0.25, 0.3) is 0 Å². The summed E-state index contributed by atoms with van der Waals surface area (Å²) in [5, 5.41) is 1.64. The van der Waals surface area contributed by atoms with Crippen molar-refractivity contribution < 1.29 is 4.39 Å². The monoisotopic (exact) mass is 230 g/mol. The zero-order valence-corrected chi connectivity index (χ0v) is 7.94. The van der Waals surface area contributed by atoms with E-state index in [1.807, 2.05) is 0 Å². The Morgan fingerprint density at radius 3 is 3.00 bits per heavy atom. The Bertz CT molecular complexity index is 327. The summed E-state index contributed by atoms with van der Waals surface area (Å²) in [7, 11) is 0. The Balaban J connectivity index is 2.56. The molecule has 0 amide bonds. The number of benzene rings is 1. The molecule has 0 spiro atoms. The highest BCUT2D eigenvalue weighted by molar-refractivity contribution is 9.10. The molecule has 64 valence electrons. The Morgan fingerprint density at radius 2 is 2.25 bits per heavy atom. The van der Waals surface area contributed by atoms with Crippen LogP contribution in [0, 0.1) is 5.82 Å². The first-order valence-corrected chi connectivity index (χ1v) is 4.48. The van der Waals surface area contributed by atoms with Gasteiger partial charge in [0.25, 0.3) is 0 Å². The number of hydrogen-bond donors (Lipinski definition) is 1. The van der Waals surface area contributed by atoms with Crippen LogP contribution >= 0.6 is 15.9 Å². The highest BCUT2D eigenvalue weighted by atomic mass is 79.9. The van der Waals surface area contributed by atoms with E-state index < -0.39 is 0 Å². The second-order valence-electron chi connectivity index (χ2n) is 2.84. The first kappa shape index (κ1) is 8.01. The van der Waals surface area contributed by atoms with Crippen molar-refractivity contribution in [2.75, 3.05) is 11.6 Å². The molecular weight excluding hydrogens is 223 g/mol. The van der Waals surface area contributed by atoms with Gasteiger partial charge in [-0.1, -0.05) is 0 Å². The Hall–Kier alpha value is -0.610. The normalized spacial score (nSPS) is 15.1. The number of nitrogens with zero attached hydrogens (tertiary/aromatic N) is 1. The topological polar surface area (TPSA) is 29.3 Å². The van der Waals surface area contributed by atoms with Gasteiger partial charge in [0.1, 0.15) is 5.82 Å². The molecule has 4 heteroatoms. The minimum Gasteiger partial charge on any atom is -0.310 e. The van der Waals surface area contributed by atoms with Gasteiger partial charge in [-0.15, -0.1) is 0 Å². The van der Waals surface area contributed by atoms with Gasteiger partial charge in [0.2, 0.25) is 0 Å². The summed E-state index contributed by atoms with van der Waals surface area (Å²) in [6, 6.07) is 3.25. The van der Waals surface area contributed by atoms with Crippen molar-refractivity contribution in [3.63, 3.8) is 0 Å². The molecule has 0 saturated carbocycles. The standard InChI is InChI=1S/C8H8BrFN2/c9-6-4-8-5(3-7(6)10)1-2-12(8)11/h3-4H,1-2,11H2. The third-order valence-electron chi connectivity index (χ3n) is 2.05. The Kier molecular flexibility index (Phi) is 1.81. The van der Waals surface area contributed by atoms with Crippen LogP contribution in [0.3, 0.4) is 0 Å². The van der Waals surface area contributed by atoms with Crippen LogP contribution in [0.15, 0.2) is 16.6 Å². The minimum atomic E-state index is -0.218. The minimum absolute atomic E-state index is 0.218. The lowest BCUT2D eigenvalue weighted by atomic mass is 10.2. The van der Waals surface area contributed by atoms with E-state index in [0.717, 1.165) is 24.2 Å². The first-order chi connectivity index (χ1) is 5.68. The molecule has 0 bridgehead atoms. The molecular formula is C8H8BrFN2. The predicted molar refractivity (Wildman–Crippen MR) is 49.3 cm³/mol. The predicted octanol–water partition coefficient (Wildman–Crippen LogP) is 1.82. The number of hydrazine groups is 1. The molecule has 0 saturated heterocycles. The van der Waals surface area contributed by atoms with Crippen LogP contribution in [0.2, 0.25) is 0 Å². The van der Waals surface area contributed by atoms with Crippen molar-refractivity contribution in [2.45, 2.75) is 6.42 Å². The summed E-state index contributed by atoms with van der Waals surface area (Å²) in [6.07, 6.45) is 0.829. The molecule has 0 aromatic heterocycles. The van der Waals surface area contributed by atoms with Gasteiger partial charge < -0.3 is 5.01 Å². The average Bonchev–Trinajstić information content (AvgIpc) is 2.35. The second-order valence-corrected chi connectivity index (χ2v) is 3.69. The van der Waals surface area contributed by atoms with E-state index in [0.29, 0.717) is 4.47 Å². The molecule has 12 heavy (non-hydrogen) atoms. The summed E-state index contributed by atoms with van der Waals surface area (Å²) in [5.41, 5.74) is 1.90. The van der Waals surface area contributed by atoms with Crippen LogP contribution in [-0.4, -0.2) is 6.54 Å². The number of fused-ring (bicyclic) bond motifs is 1. The summed E-state index contributed by atoms with van der Waals surface area (Å²) >= 11 is 3.12. The summed E-state index contributed by atoms with van der Waals surface area (Å²) < 4.78 is 13.5. The van der Waals surface area contributed by atoms with Crippen molar-refractivity contribution >= 4 is 21.6 Å². The highest BCUT2D eigenvalue weighted by Crippen LogP contribution is 2.30. The number of hydrogen-bond acceptors (Lipinski definition) is 2. The van der Waals surface area contributed by atoms with Gasteiger partial charge >= 0.3 is 0 Å². The fourth-order valence-corrected chi connectivity index (χ4v) is 1.74. The van der Waals surface area contributed by atoms with Gasteiger partial charge in [-0.2, -0.15) is 0 Å². The van der Waals surface area contributed by atoms with E-state index in [4.69, 9.17) is 5.84 Å². The largest absolute Gasteiger partial charge is 0.310 e. The number of anilines is 1. The third kappa shape index (κ3) is 1.11. The summed E-state index contributed by atoms with van der Waals surface area (Å²) in [4.78, 5) is 0. The van der Waals surface area contributed by atoms with Gasteiger partial charge in [0.15, 0.2) is 0 Å². The highest BCUT2D eigenvalue weighted by Gasteiger charge is 2.18. The van der Waals surface area contributed by atoms with Crippen molar-refractivity contribution in [1.29, 1.82) is 0 Å². The molecule has 0 radical (unpaired) electrons. The molecule has 0 atom stereocenters. The Labute approximate surface area is 78.3 Å². The van der Waals surface area contributed by atoms with Crippen molar-refractivity contribution in [1.82, 2.24) is 0 Å². The van der Waals surface area contributed by atoms with Crippen LogP contribution in [0.1, 0.15) is 5.56 Å². The lowest BCUT2D eigenvalue weighted by molar-refractivity contribution is 0.620. The van der Waals surface area contributed by atoms with Gasteiger partial charge in [0.05, 0.1) is 10.2 Å². The second kappa shape index (κ2) is 2.71. The third-order valence-corrected chi connectivity index (χ3v) is 2.66. The molecule has 0 aliphatic carbocycles. The maximum Gasteiger partial charge on any atom is 0.137 e. The van der Waals surface area contributed by atoms with Crippen LogP contribution in [0.4, 0.5) is 10.1 Å². The molecule has 0 fully saturated rings. The van der Waals surface area contributed by atoms with E-state index in [-0.39, 0.29) is 5.82 Å². The molecule has 1 aromatic carbocycles. The van der Waals surface area contributed by atoms with E-state index in [2.05, 4.69) is 15.9 Å². The zero-order chi connectivity index (χ0) is 8.72. The Morgan fingerprint density at radius 1 is 1.50 bits per heavy atom. The average molecular weight is 231 g/mol. The number of rotatable bonds is 0. The molecule has 1 aliphatic heterocycles. The van der Waals surface area contributed by atoms with Gasteiger partial charge in [0, 0.05) is 6.54 Å². The molecule has 2 rings (SSSR count). The van der Waals surface area contributed by atoms with E-state index >= 15 is 0 Å². The first-order valence-electron chi connectivity index (χ1n) is 3.68. The molecule has 0 unspecified atom stereocenters. The van der Waals surface area contributed by atoms with Crippen LogP contribution < -0.4 is 10.9 Å². The summed E-state index contributed by atoms with van der Waals surface area (Å²) in [5.74, 6) is 5.44. The lowest BCUT2D eigenvalue weighted by Crippen LogP contribution is -2.28.